The number of hydrogen-bond acceptors (Lipinski definition) is 4. The first kappa shape index (κ1) is 27.5. The SMILES string of the molecule is Cc1ccc(CC(=O)C[C@@H]2CCN(c3ccc(-c4ccccc4NS(C)(=O)=O)cc3C(C)C)C2=O)c(F)c1. The van der Waals surface area contributed by atoms with Crippen LogP contribution in [0.25, 0.3) is 11.1 Å². The average Bonchev–Trinajstić information content (AvgIpc) is 3.19. The largest absolute Gasteiger partial charge is 0.312 e. The van der Waals surface area contributed by atoms with Gasteiger partial charge >= 0.3 is 0 Å². The van der Waals surface area contributed by atoms with Gasteiger partial charge in [-0.05, 0) is 65.8 Å². The number of ketones is 1. The highest BCUT2D eigenvalue weighted by Gasteiger charge is 2.35. The Kier molecular flexibility index (Phi) is 8.02. The second-order valence-electron chi connectivity index (χ2n) is 10.3. The number of sulfonamides is 1. The van der Waals surface area contributed by atoms with E-state index in [1.54, 1.807) is 36.1 Å². The molecule has 1 amide bonds. The molecule has 0 saturated carbocycles. The van der Waals surface area contributed by atoms with Crippen LogP contribution in [0.5, 0.6) is 0 Å². The summed E-state index contributed by atoms with van der Waals surface area (Å²) in [5.41, 5.74) is 4.96. The lowest BCUT2D eigenvalue weighted by molar-refractivity contribution is -0.125. The van der Waals surface area contributed by atoms with Crippen molar-refractivity contribution in [2.45, 2.75) is 46.0 Å². The van der Waals surface area contributed by atoms with Crippen molar-refractivity contribution in [2.24, 2.45) is 5.92 Å². The van der Waals surface area contributed by atoms with Crippen LogP contribution in [-0.2, 0) is 26.0 Å². The molecule has 3 aromatic carbocycles. The first-order valence-corrected chi connectivity index (χ1v) is 14.6. The average molecular weight is 537 g/mol. The van der Waals surface area contributed by atoms with Gasteiger partial charge in [0.15, 0.2) is 0 Å². The summed E-state index contributed by atoms with van der Waals surface area (Å²) in [5.74, 6) is -0.986. The molecule has 0 unspecified atom stereocenters. The maximum atomic E-state index is 14.2. The number of hydrogen-bond donors (Lipinski definition) is 1. The lowest BCUT2D eigenvalue weighted by atomic mass is 9.94. The summed E-state index contributed by atoms with van der Waals surface area (Å²) in [4.78, 5) is 27.8. The van der Waals surface area contributed by atoms with Gasteiger partial charge in [-0.1, -0.05) is 50.2 Å². The minimum Gasteiger partial charge on any atom is -0.312 e. The predicted molar refractivity (Wildman–Crippen MR) is 149 cm³/mol. The van der Waals surface area contributed by atoms with Gasteiger partial charge in [-0.3, -0.25) is 14.3 Å². The van der Waals surface area contributed by atoms with Crippen molar-refractivity contribution < 1.29 is 22.4 Å². The molecule has 38 heavy (non-hydrogen) atoms. The molecule has 0 bridgehead atoms. The third kappa shape index (κ3) is 6.30. The van der Waals surface area contributed by atoms with Gasteiger partial charge < -0.3 is 4.90 Å². The molecule has 0 aliphatic carbocycles. The van der Waals surface area contributed by atoms with Gasteiger partial charge in [-0.15, -0.1) is 0 Å². The zero-order chi connectivity index (χ0) is 27.6. The fraction of sp³-hybridized carbons (Fsp3) is 0.333. The zero-order valence-corrected chi connectivity index (χ0v) is 22.9. The van der Waals surface area contributed by atoms with Gasteiger partial charge in [-0.2, -0.15) is 0 Å². The van der Waals surface area contributed by atoms with Crippen LogP contribution in [0.1, 0.15) is 49.3 Å². The van der Waals surface area contributed by atoms with E-state index in [9.17, 15) is 22.4 Å². The van der Waals surface area contributed by atoms with Crippen molar-refractivity contribution in [3.8, 4) is 11.1 Å². The van der Waals surface area contributed by atoms with E-state index in [0.29, 0.717) is 24.2 Å². The van der Waals surface area contributed by atoms with E-state index >= 15 is 0 Å². The maximum Gasteiger partial charge on any atom is 0.230 e. The number of nitrogens with zero attached hydrogens (tertiary/aromatic N) is 1. The molecule has 0 radical (unpaired) electrons. The summed E-state index contributed by atoms with van der Waals surface area (Å²) in [5, 5.41) is 0. The lowest BCUT2D eigenvalue weighted by Gasteiger charge is -2.24. The Morgan fingerprint density at radius 2 is 1.84 bits per heavy atom. The first-order valence-electron chi connectivity index (χ1n) is 12.7. The van der Waals surface area contributed by atoms with Crippen molar-refractivity contribution in [1.29, 1.82) is 0 Å². The molecule has 1 heterocycles. The molecule has 8 heteroatoms. The Balaban J connectivity index is 1.55. The van der Waals surface area contributed by atoms with Gasteiger partial charge in [0.1, 0.15) is 11.6 Å². The third-order valence-corrected chi connectivity index (χ3v) is 7.45. The maximum absolute atomic E-state index is 14.2. The van der Waals surface area contributed by atoms with Crippen molar-refractivity contribution in [3.63, 3.8) is 0 Å². The highest BCUT2D eigenvalue weighted by molar-refractivity contribution is 7.92. The second kappa shape index (κ2) is 11.1. The first-order chi connectivity index (χ1) is 17.9. The minimum absolute atomic E-state index is 0.0250. The van der Waals surface area contributed by atoms with E-state index in [0.717, 1.165) is 34.2 Å². The molecule has 1 fully saturated rings. The topological polar surface area (TPSA) is 83.6 Å². The summed E-state index contributed by atoms with van der Waals surface area (Å²) in [6.45, 7) is 6.38. The fourth-order valence-electron chi connectivity index (χ4n) is 4.98. The van der Waals surface area contributed by atoms with Crippen LogP contribution < -0.4 is 9.62 Å². The molecule has 0 spiro atoms. The number of anilines is 2. The smallest absolute Gasteiger partial charge is 0.230 e. The molecule has 1 aliphatic rings. The highest BCUT2D eigenvalue weighted by Crippen LogP contribution is 2.38. The van der Waals surface area contributed by atoms with Crippen LogP contribution in [-0.4, -0.2) is 32.9 Å². The zero-order valence-electron chi connectivity index (χ0n) is 22.1. The molecule has 3 aromatic rings. The van der Waals surface area contributed by atoms with Gasteiger partial charge in [0.2, 0.25) is 15.9 Å². The van der Waals surface area contributed by atoms with E-state index in [1.807, 2.05) is 44.2 Å². The number of Topliss-reactive ketones (excluding diaryl/α,β-unsaturated/α-hetero) is 1. The Morgan fingerprint density at radius 3 is 2.53 bits per heavy atom. The molecule has 4 rings (SSSR count). The van der Waals surface area contributed by atoms with Crippen molar-refractivity contribution in [1.82, 2.24) is 0 Å². The van der Waals surface area contributed by atoms with Crippen molar-refractivity contribution in [3.05, 3.63) is 83.2 Å². The molecule has 200 valence electrons. The van der Waals surface area contributed by atoms with E-state index in [1.165, 1.54) is 6.07 Å². The predicted octanol–water partition coefficient (Wildman–Crippen LogP) is 5.85. The lowest BCUT2D eigenvalue weighted by Crippen LogP contribution is -2.29. The number of amides is 1. The fourth-order valence-corrected chi connectivity index (χ4v) is 5.55. The molecule has 6 nitrogen and oxygen atoms in total. The normalized spacial score (nSPS) is 15.8. The Labute approximate surface area is 223 Å². The van der Waals surface area contributed by atoms with E-state index in [-0.39, 0.29) is 30.4 Å². The molecule has 1 saturated heterocycles. The van der Waals surface area contributed by atoms with Crippen molar-refractivity contribution >= 4 is 33.1 Å². The molecular formula is C30H33FN2O4S. The van der Waals surface area contributed by atoms with Crippen LogP contribution >= 0.6 is 0 Å². The summed E-state index contributed by atoms with van der Waals surface area (Å²) in [6, 6.07) is 17.8. The van der Waals surface area contributed by atoms with Crippen LogP contribution in [0.4, 0.5) is 15.8 Å². The van der Waals surface area contributed by atoms with Crippen LogP contribution in [0.2, 0.25) is 0 Å². The standard InChI is InChI=1S/C30H33FN2O4S/c1-19(2)26-18-21(25-7-5-6-8-28(25)32-38(4,36)37)11-12-29(26)33-14-13-23(30(33)35)17-24(34)16-22-10-9-20(3)15-27(22)31/h5-12,15,18-19,23,32H,13-14,16-17H2,1-4H3/t23-/m0/s1. The summed E-state index contributed by atoms with van der Waals surface area (Å²) in [7, 11) is -3.45. The monoisotopic (exact) mass is 536 g/mol. The number of carbonyl (C=O) groups excluding carboxylic acids is 2. The van der Waals surface area contributed by atoms with E-state index in [4.69, 9.17) is 0 Å². The number of rotatable bonds is 9. The quantitative estimate of drug-likeness (QED) is 0.372. The number of nitrogens with one attached hydrogen (secondary N) is 1. The molecule has 1 atom stereocenters. The summed E-state index contributed by atoms with van der Waals surface area (Å²) < 4.78 is 40.5. The second-order valence-corrected chi connectivity index (χ2v) is 12.1. The van der Waals surface area contributed by atoms with Crippen LogP contribution in [0, 0.1) is 18.7 Å². The number of carbonyl (C=O) groups is 2. The molecule has 1 aliphatic heterocycles. The van der Waals surface area contributed by atoms with E-state index in [2.05, 4.69) is 4.72 Å². The minimum atomic E-state index is -3.45. The van der Waals surface area contributed by atoms with Crippen LogP contribution in [0.3, 0.4) is 0 Å². The molecule has 1 N–H and O–H groups in total. The number of para-hydroxylation sites is 1. The number of benzene rings is 3. The Bertz CT molecular complexity index is 1480. The van der Waals surface area contributed by atoms with Gasteiger partial charge in [-0.25, -0.2) is 12.8 Å². The number of aryl methyl sites for hydroxylation is 1. The Morgan fingerprint density at radius 1 is 1.11 bits per heavy atom. The van der Waals surface area contributed by atoms with Gasteiger partial charge in [0, 0.05) is 36.6 Å². The highest BCUT2D eigenvalue weighted by atomic mass is 32.2. The van der Waals surface area contributed by atoms with Gasteiger partial charge in [0.25, 0.3) is 0 Å². The Hall–Kier alpha value is -3.52. The number of halogens is 1. The summed E-state index contributed by atoms with van der Waals surface area (Å²) >= 11 is 0. The molecule has 0 aromatic heterocycles. The molecular weight excluding hydrogens is 503 g/mol. The summed E-state index contributed by atoms with van der Waals surface area (Å²) in [6.07, 6.45) is 1.73. The van der Waals surface area contributed by atoms with Crippen molar-refractivity contribution in [2.75, 3.05) is 22.4 Å². The van der Waals surface area contributed by atoms with E-state index < -0.39 is 21.8 Å². The van der Waals surface area contributed by atoms with Crippen LogP contribution in [0.15, 0.2) is 60.7 Å². The van der Waals surface area contributed by atoms with Gasteiger partial charge in [0.05, 0.1) is 11.9 Å². The third-order valence-electron chi connectivity index (χ3n) is 6.86.